The zero-order valence-electron chi connectivity index (χ0n) is 11.8. The second-order valence-electron chi connectivity index (χ2n) is 6.21. The van der Waals surface area contributed by atoms with E-state index in [1.807, 2.05) is 25.1 Å². The summed E-state index contributed by atoms with van der Waals surface area (Å²) in [4.78, 5) is 12.3. The Morgan fingerprint density at radius 3 is 2.90 bits per heavy atom. The second-order valence-corrected chi connectivity index (χ2v) is 6.61. The van der Waals surface area contributed by atoms with Crippen LogP contribution in [-0.4, -0.2) is 24.0 Å². The lowest BCUT2D eigenvalue weighted by Gasteiger charge is -2.48. The Balaban J connectivity index is 1.66. The summed E-state index contributed by atoms with van der Waals surface area (Å²) in [6.07, 6.45) is 5.83. The number of benzene rings is 1. The first kappa shape index (κ1) is 13.9. The summed E-state index contributed by atoms with van der Waals surface area (Å²) in [5, 5.41) is 7.31. The van der Waals surface area contributed by atoms with Crippen LogP contribution >= 0.6 is 11.6 Å². The Bertz CT molecular complexity index is 525. The van der Waals surface area contributed by atoms with Crippen LogP contribution in [0.1, 0.15) is 48.0 Å². The molecule has 1 amide bonds. The van der Waals surface area contributed by atoms with Crippen molar-refractivity contribution < 1.29 is 4.79 Å². The van der Waals surface area contributed by atoms with E-state index >= 15 is 0 Å². The number of amides is 1. The van der Waals surface area contributed by atoms with Crippen molar-refractivity contribution in [1.29, 1.82) is 0 Å². The van der Waals surface area contributed by atoms with Gasteiger partial charge in [0.15, 0.2) is 0 Å². The second kappa shape index (κ2) is 5.38. The van der Waals surface area contributed by atoms with Gasteiger partial charge in [0.05, 0.1) is 10.6 Å². The molecule has 1 aromatic carbocycles. The zero-order chi connectivity index (χ0) is 14.2. The molecule has 1 atom stereocenters. The number of aryl methyl sites for hydroxylation is 1. The van der Waals surface area contributed by atoms with E-state index in [9.17, 15) is 4.79 Å². The number of piperidine rings is 1. The molecule has 1 saturated carbocycles. The highest BCUT2D eigenvalue weighted by molar-refractivity contribution is 6.33. The average Bonchev–Trinajstić information content (AvgIpc) is 2.37. The maximum atomic E-state index is 12.3. The minimum Gasteiger partial charge on any atom is -0.349 e. The molecule has 4 heteroatoms. The molecule has 2 aliphatic rings. The van der Waals surface area contributed by atoms with Crippen LogP contribution in [0.4, 0.5) is 0 Å². The maximum Gasteiger partial charge on any atom is 0.253 e. The van der Waals surface area contributed by atoms with Crippen LogP contribution in [-0.2, 0) is 0 Å². The Labute approximate surface area is 125 Å². The first-order valence-electron chi connectivity index (χ1n) is 7.40. The number of nitrogens with one attached hydrogen (secondary N) is 2. The molecule has 1 spiro atoms. The first-order valence-corrected chi connectivity index (χ1v) is 7.78. The molecular weight excluding hydrogens is 272 g/mol. The molecule has 20 heavy (non-hydrogen) atoms. The summed E-state index contributed by atoms with van der Waals surface area (Å²) in [5.41, 5.74) is 1.95. The van der Waals surface area contributed by atoms with Gasteiger partial charge in [-0.1, -0.05) is 17.7 Å². The fraction of sp³-hybridized carbons (Fsp3) is 0.562. The third-order valence-electron chi connectivity index (χ3n) is 4.65. The Morgan fingerprint density at radius 2 is 2.25 bits per heavy atom. The first-order chi connectivity index (χ1) is 9.58. The van der Waals surface area contributed by atoms with Gasteiger partial charge in [0.1, 0.15) is 0 Å². The van der Waals surface area contributed by atoms with Gasteiger partial charge in [0.25, 0.3) is 5.91 Å². The van der Waals surface area contributed by atoms with Crippen molar-refractivity contribution in [1.82, 2.24) is 10.6 Å². The van der Waals surface area contributed by atoms with Crippen LogP contribution in [0.5, 0.6) is 0 Å². The minimum absolute atomic E-state index is 0.0450. The SMILES string of the molecule is Cc1ccc(C(=O)NC2CCNC3(CCC3)C2)c(Cl)c1. The van der Waals surface area contributed by atoms with E-state index in [2.05, 4.69) is 10.6 Å². The lowest BCUT2D eigenvalue weighted by molar-refractivity contribution is 0.0853. The van der Waals surface area contributed by atoms with Crippen molar-refractivity contribution in [2.45, 2.75) is 50.6 Å². The van der Waals surface area contributed by atoms with Gasteiger partial charge in [0.2, 0.25) is 0 Å². The predicted molar refractivity (Wildman–Crippen MR) is 81.3 cm³/mol. The van der Waals surface area contributed by atoms with Gasteiger partial charge in [0, 0.05) is 11.6 Å². The van der Waals surface area contributed by atoms with Gasteiger partial charge >= 0.3 is 0 Å². The predicted octanol–water partition coefficient (Wildman–Crippen LogP) is 3.05. The van der Waals surface area contributed by atoms with E-state index in [4.69, 9.17) is 11.6 Å². The number of hydrogen-bond acceptors (Lipinski definition) is 2. The molecule has 0 aromatic heterocycles. The van der Waals surface area contributed by atoms with E-state index in [1.54, 1.807) is 0 Å². The summed E-state index contributed by atoms with van der Waals surface area (Å²) in [6.45, 7) is 2.97. The smallest absolute Gasteiger partial charge is 0.253 e. The molecular formula is C16H21ClN2O. The third kappa shape index (κ3) is 2.70. The standard InChI is InChI=1S/C16H21ClN2O/c1-11-3-4-13(14(17)9-11)15(20)19-12-5-8-18-16(10-12)6-2-7-16/h3-4,9,12,18H,2,5-8,10H2,1H3,(H,19,20). The van der Waals surface area contributed by atoms with Crippen LogP contribution in [0.25, 0.3) is 0 Å². The average molecular weight is 293 g/mol. The van der Waals surface area contributed by atoms with E-state index < -0.39 is 0 Å². The molecule has 3 nitrogen and oxygen atoms in total. The third-order valence-corrected chi connectivity index (χ3v) is 4.96. The summed E-state index contributed by atoms with van der Waals surface area (Å²) >= 11 is 6.16. The monoisotopic (exact) mass is 292 g/mol. The topological polar surface area (TPSA) is 41.1 Å². The van der Waals surface area contributed by atoms with Crippen LogP contribution in [0, 0.1) is 6.92 Å². The van der Waals surface area contributed by atoms with Crippen molar-refractivity contribution in [3.8, 4) is 0 Å². The number of hydrogen-bond donors (Lipinski definition) is 2. The molecule has 1 aliphatic heterocycles. The van der Waals surface area contributed by atoms with Crippen LogP contribution in [0.15, 0.2) is 18.2 Å². The molecule has 1 heterocycles. The van der Waals surface area contributed by atoms with Gasteiger partial charge in [-0.25, -0.2) is 0 Å². The Hall–Kier alpha value is -1.06. The molecule has 1 aliphatic carbocycles. The lowest BCUT2D eigenvalue weighted by Crippen LogP contribution is -2.59. The van der Waals surface area contributed by atoms with Gasteiger partial charge in [-0.3, -0.25) is 4.79 Å². The fourth-order valence-corrected chi connectivity index (χ4v) is 3.65. The summed E-state index contributed by atoms with van der Waals surface area (Å²) in [6, 6.07) is 5.84. The molecule has 1 saturated heterocycles. The van der Waals surface area contributed by atoms with Crippen molar-refractivity contribution >= 4 is 17.5 Å². The van der Waals surface area contributed by atoms with Crippen LogP contribution in [0.2, 0.25) is 5.02 Å². The molecule has 1 unspecified atom stereocenters. The quantitative estimate of drug-likeness (QED) is 0.880. The highest BCUT2D eigenvalue weighted by Gasteiger charge is 2.41. The van der Waals surface area contributed by atoms with Gasteiger partial charge in [-0.15, -0.1) is 0 Å². The van der Waals surface area contributed by atoms with Crippen LogP contribution < -0.4 is 10.6 Å². The number of carbonyl (C=O) groups is 1. The van der Waals surface area contributed by atoms with E-state index in [-0.39, 0.29) is 11.9 Å². The summed E-state index contributed by atoms with van der Waals surface area (Å²) in [5.74, 6) is -0.0450. The van der Waals surface area contributed by atoms with Crippen molar-refractivity contribution in [3.05, 3.63) is 34.3 Å². The Kier molecular flexibility index (Phi) is 3.74. The summed E-state index contributed by atoms with van der Waals surface area (Å²) < 4.78 is 0. The van der Waals surface area contributed by atoms with E-state index in [0.29, 0.717) is 16.1 Å². The molecule has 1 aromatic rings. The molecule has 0 bridgehead atoms. The van der Waals surface area contributed by atoms with Crippen molar-refractivity contribution in [2.75, 3.05) is 6.54 Å². The van der Waals surface area contributed by atoms with Crippen molar-refractivity contribution in [3.63, 3.8) is 0 Å². The maximum absolute atomic E-state index is 12.3. The summed E-state index contributed by atoms with van der Waals surface area (Å²) in [7, 11) is 0. The molecule has 0 radical (unpaired) electrons. The normalized spacial score (nSPS) is 24.2. The van der Waals surface area contributed by atoms with Crippen LogP contribution in [0.3, 0.4) is 0 Å². The highest BCUT2D eigenvalue weighted by Crippen LogP contribution is 2.38. The van der Waals surface area contributed by atoms with Gasteiger partial charge in [-0.2, -0.15) is 0 Å². The molecule has 2 fully saturated rings. The number of halogens is 1. The fourth-order valence-electron chi connectivity index (χ4n) is 3.33. The largest absolute Gasteiger partial charge is 0.349 e. The lowest BCUT2D eigenvalue weighted by atomic mass is 9.70. The highest BCUT2D eigenvalue weighted by atomic mass is 35.5. The van der Waals surface area contributed by atoms with Crippen molar-refractivity contribution in [2.24, 2.45) is 0 Å². The van der Waals surface area contributed by atoms with Gasteiger partial charge < -0.3 is 10.6 Å². The Morgan fingerprint density at radius 1 is 1.45 bits per heavy atom. The van der Waals surface area contributed by atoms with E-state index in [1.165, 1.54) is 19.3 Å². The zero-order valence-corrected chi connectivity index (χ0v) is 12.6. The number of rotatable bonds is 2. The van der Waals surface area contributed by atoms with E-state index in [0.717, 1.165) is 24.9 Å². The van der Waals surface area contributed by atoms with Gasteiger partial charge in [-0.05, 0) is 63.3 Å². The molecule has 3 rings (SSSR count). The number of carbonyl (C=O) groups excluding carboxylic acids is 1. The molecule has 2 N–H and O–H groups in total. The molecule has 108 valence electrons. The minimum atomic E-state index is -0.0450.